The number of rotatable bonds is 15. The molecule has 8 fully saturated rings. The van der Waals surface area contributed by atoms with Crippen LogP contribution in [0, 0.1) is 50.2 Å². The van der Waals surface area contributed by atoms with Gasteiger partial charge in [0.25, 0.3) is 0 Å². The molecule has 0 spiro atoms. The first-order valence-corrected chi connectivity index (χ1v) is 30.6. The largest absolute Gasteiger partial charge is 0.453 e. The van der Waals surface area contributed by atoms with E-state index in [0.29, 0.717) is 24.9 Å². The van der Waals surface area contributed by atoms with Crippen molar-refractivity contribution in [3.05, 3.63) is 41.5 Å². The minimum atomic E-state index is -1.81. The monoisotopic (exact) mass is 1230 g/mol. The highest BCUT2D eigenvalue weighted by molar-refractivity contribution is 5.95. The first kappa shape index (κ1) is 66.3. The lowest BCUT2D eigenvalue weighted by Crippen LogP contribution is -2.68. The van der Waals surface area contributed by atoms with Crippen LogP contribution in [0.15, 0.2) is 35.9 Å². The second-order valence-electron chi connectivity index (χ2n) is 28.3. The van der Waals surface area contributed by atoms with Crippen molar-refractivity contribution >= 4 is 11.7 Å². The van der Waals surface area contributed by atoms with Crippen LogP contribution < -0.4 is 5.32 Å². The summed E-state index contributed by atoms with van der Waals surface area (Å²) in [7, 11) is 1.64. The number of para-hydroxylation sites is 1. The number of carbonyl (C=O) groups excluding carboxylic acids is 1. The fourth-order valence-corrected chi connectivity index (χ4v) is 17.5. The average molecular weight is 1230 g/mol. The molecule has 4 saturated heterocycles. The van der Waals surface area contributed by atoms with E-state index in [1.54, 1.807) is 31.3 Å². The summed E-state index contributed by atoms with van der Waals surface area (Å²) in [4.78, 5) is 13.3. The average Bonchev–Trinajstić information content (AvgIpc) is 0.679. The Bertz CT molecular complexity index is 2560. The third-order valence-corrected chi connectivity index (χ3v) is 23.0. The zero-order valence-electron chi connectivity index (χ0n) is 50.4. The molecule has 10 rings (SSSR count). The molecule has 1 aromatic rings. The number of allylic oxidation sites excluding steroid dienone is 2. The number of aliphatic hydroxyl groups excluding tert-OH is 14. The maximum atomic E-state index is 13.3. The minimum Gasteiger partial charge on any atom is -0.453 e. The second kappa shape index (κ2) is 24.8. The molecule has 4 aliphatic heterocycles. The standard InChI is InChI=1S/C61H95NO24/c1-56(2)19-29-28-13-14-36-58(5)17-16-38(84-54-48(75)44(71)42(69)34(83-54)25-80-53-47(74)43(70)41(68)33(82-53)24-79-52-46(73)40(67)31(65)23-78-52)57(3,4)35(58)15-18-59(36,6)60(28,7)20-37(66)61(29,26-64)21-39(56)85-55-49(76)45(72)50(32(22-63)81-55)86-51(77)27-11-9-10-12-30(27)62-8/h9-13,29,31-50,52-55,62-76H,14-26H2,1-8H3/t29-,31+,32+,33+,34+,35-,36+,37-,38-,39-,40-,41+,42+,43-,44-,45+,46+,47+,48+,49+,50+,52-,53+,54-,55-,58-,59+,60+,61+/m0/s1. The number of hydrogen-bond acceptors (Lipinski definition) is 25. The van der Waals surface area contributed by atoms with Gasteiger partial charge >= 0.3 is 5.97 Å². The molecule has 86 heavy (non-hydrogen) atoms. The van der Waals surface area contributed by atoms with E-state index < -0.39 is 182 Å². The van der Waals surface area contributed by atoms with Crippen LogP contribution in [0.25, 0.3) is 0 Å². The van der Waals surface area contributed by atoms with Crippen molar-refractivity contribution in [2.75, 3.05) is 45.4 Å². The lowest BCUT2D eigenvalue weighted by molar-refractivity contribution is -0.348. The minimum absolute atomic E-state index is 0.0873. The van der Waals surface area contributed by atoms with E-state index in [9.17, 15) is 76.3 Å². The van der Waals surface area contributed by atoms with Gasteiger partial charge < -0.3 is 119 Å². The molecule has 0 amide bonds. The van der Waals surface area contributed by atoms with Crippen molar-refractivity contribution in [1.29, 1.82) is 0 Å². The van der Waals surface area contributed by atoms with Gasteiger partial charge in [0.2, 0.25) is 0 Å². The lowest BCUT2D eigenvalue weighted by Gasteiger charge is -2.72. The first-order valence-electron chi connectivity index (χ1n) is 30.6. The molecule has 15 N–H and O–H groups in total. The van der Waals surface area contributed by atoms with Crippen molar-refractivity contribution in [3.63, 3.8) is 0 Å². The van der Waals surface area contributed by atoms with Crippen LogP contribution in [-0.2, 0) is 42.6 Å². The summed E-state index contributed by atoms with van der Waals surface area (Å²) in [5, 5.41) is 157. The van der Waals surface area contributed by atoms with Gasteiger partial charge in [-0.25, -0.2) is 4.79 Å². The molecular formula is C61H95NO24. The molecule has 25 heteroatoms. The molecule has 0 unspecified atom stereocenters. The second-order valence-corrected chi connectivity index (χ2v) is 28.3. The molecule has 4 saturated carbocycles. The number of benzene rings is 1. The third kappa shape index (κ3) is 11.1. The van der Waals surface area contributed by atoms with Crippen LogP contribution in [0.3, 0.4) is 0 Å². The number of aliphatic hydroxyl groups is 14. The Kier molecular flexibility index (Phi) is 19.1. The van der Waals surface area contributed by atoms with Gasteiger partial charge in [0, 0.05) is 18.2 Å². The summed E-state index contributed by atoms with van der Waals surface area (Å²) in [5.41, 5.74) is -1.41. The molecule has 0 bridgehead atoms. The Balaban J connectivity index is 0.799. The number of esters is 1. The number of nitrogens with one attached hydrogen (secondary N) is 1. The van der Waals surface area contributed by atoms with E-state index >= 15 is 0 Å². The van der Waals surface area contributed by atoms with E-state index in [1.807, 2.05) is 13.8 Å². The van der Waals surface area contributed by atoms with E-state index in [1.165, 1.54) is 5.57 Å². The summed E-state index contributed by atoms with van der Waals surface area (Å²) in [6.45, 7) is 12.9. The maximum absolute atomic E-state index is 13.3. The van der Waals surface area contributed by atoms with Crippen molar-refractivity contribution < 1.29 is 119 Å². The van der Waals surface area contributed by atoms with E-state index in [2.05, 4.69) is 46.0 Å². The molecule has 488 valence electrons. The van der Waals surface area contributed by atoms with Crippen LogP contribution in [0.1, 0.15) is 110 Å². The van der Waals surface area contributed by atoms with Crippen LogP contribution in [0.4, 0.5) is 5.69 Å². The SMILES string of the molecule is CNc1ccccc1C(=O)O[C@H]1[C@H](O)[C@@H](O)[C@H](O[C@H]2C[C@]3(CO)[C@@H](O)C[C@]4(C)C(=CC[C@@H]5[C@@]6(C)CC[C@H](O[C@@H]7O[C@H](CO[C@@H]8O[C@H](CO[C@@H]9OC[C@@H](O)[C@H](O)[C@H]9O)[C@@H](O)[C@H](O)[C@H]8O)[C@@H](O)[C@H](O)[C@H]7O)C(C)(C)[C@@H]6CC[C@]54C)[C@@H]3CC2(C)C)O[C@@H]1CO. The van der Waals surface area contributed by atoms with Gasteiger partial charge in [-0.2, -0.15) is 0 Å². The summed E-state index contributed by atoms with van der Waals surface area (Å²) >= 11 is 0. The quantitative estimate of drug-likeness (QED) is 0.0564. The number of hydrogen-bond donors (Lipinski definition) is 15. The Morgan fingerprint density at radius 2 is 1.21 bits per heavy atom. The highest BCUT2D eigenvalue weighted by Gasteiger charge is 2.71. The number of ether oxygens (including phenoxy) is 9. The smallest absolute Gasteiger partial charge is 0.340 e. The number of carbonyl (C=O) groups is 1. The van der Waals surface area contributed by atoms with Crippen molar-refractivity contribution in [2.24, 2.45) is 50.2 Å². The van der Waals surface area contributed by atoms with Crippen molar-refractivity contribution in [2.45, 2.75) is 235 Å². The highest BCUT2D eigenvalue weighted by atomic mass is 16.7. The zero-order valence-corrected chi connectivity index (χ0v) is 50.4. The molecule has 29 atom stereocenters. The first-order chi connectivity index (χ1) is 40.4. The molecular weight excluding hydrogens is 1130 g/mol. The van der Waals surface area contributed by atoms with Gasteiger partial charge in [0.1, 0.15) is 85.5 Å². The molecule has 0 radical (unpaired) electrons. The fraction of sp³-hybridized carbons (Fsp3) is 0.852. The van der Waals surface area contributed by atoms with Crippen molar-refractivity contribution in [1.82, 2.24) is 0 Å². The summed E-state index contributed by atoms with van der Waals surface area (Å²) in [6.07, 6.45) is -25.0. The summed E-state index contributed by atoms with van der Waals surface area (Å²) in [5.74, 6) is -0.819. The normalized spacial score (nSPS) is 49.9. The highest BCUT2D eigenvalue weighted by Crippen LogP contribution is 2.76. The number of anilines is 1. The number of fused-ring (bicyclic) bond motifs is 7. The molecule has 25 nitrogen and oxygen atoms in total. The van der Waals surface area contributed by atoms with Crippen LogP contribution >= 0.6 is 0 Å². The van der Waals surface area contributed by atoms with Crippen LogP contribution in [0.2, 0.25) is 0 Å². The molecule has 0 aromatic heterocycles. The molecule has 9 aliphatic rings. The Morgan fingerprint density at radius 3 is 1.85 bits per heavy atom. The van der Waals surface area contributed by atoms with Crippen LogP contribution in [-0.4, -0.2) is 253 Å². The van der Waals surface area contributed by atoms with Gasteiger partial charge in [0.05, 0.1) is 56.9 Å². The predicted octanol–water partition coefficient (Wildman–Crippen LogP) is -1.07. The van der Waals surface area contributed by atoms with Crippen LogP contribution in [0.5, 0.6) is 0 Å². The zero-order chi connectivity index (χ0) is 62.5. The third-order valence-electron chi connectivity index (χ3n) is 23.0. The molecule has 5 aliphatic carbocycles. The lowest BCUT2D eigenvalue weighted by atomic mass is 9.33. The van der Waals surface area contributed by atoms with Gasteiger partial charge in [-0.3, -0.25) is 0 Å². The van der Waals surface area contributed by atoms with E-state index in [-0.39, 0.29) is 53.8 Å². The van der Waals surface area contributed by atoms with E-state index in [4.69, 9.17) is 42.6 Å². The van der Waals surface area contributed by atoms with Gasteiger partial charge in [-0.1, -0.05) is 72.2 Å². The summed E-state index contributed by atoms with van der Waals surface area (Å²) in [6, 6.07) is 6.62. The van der Waals surface area contributed by atoms with E-state index in [0.717, 1.165) is 25.7 Å². The Hall–Kier alpha value is -2.65. The van der Waals surface area contributed by atoms with Gasteiger partial charge in [0.15, 0.2) is 31.3 Å². The fourth-order valence-electron chi connectivity index (χ4n) is 17.5. The van der Waals surface area contributed by atoms with Crippen molar-refractivity contribution in [3.8, 4) is 0 Å². The predicted molar refractivity (Wildman–Crippen MR) is 299 cm³/mol. The summed E-state index contributed by atoms with van der Waals surface area (Å²) < 4.78 is 53.6. The maximum Gasteiger partial charge on any atom is 0.340 e. The topological polar surface area (TPSA) is 395 Å². The Labute approximate surface area is 501 Å². The van der Waals surface area contributed by atoms with Gasteiger partial charge in [-0.15, -0.1) is 0 Å². The molecule has 4 heterocycles. The Morgan fingerprint density at radius 1 is 0.628 bits per heavy atom. The molecule has 1 aromatic carbocycles. The van der Waals surface area contributed by atoms with Gasteiger partial charge in [-0.05, 0) is 108 Å².